The quantitative estimate of drug-likeness (QED) is 0.714. The summed E-state index contributed by atoms with van der Waals surface area (Å²) >= 11 is 0. The maximum atomic E-state index is 11.3. The van der Waals surface area contributed by atoms with E-state index >= 15 is 0 Å². The lowest BCUT2D eigenvalue weighted by Crippen LogP contribution is -2.30. The zero-order valence-electron chi connectivity index (χ0n) is 8.27. The molecule has 0 unspecified atom stereocenters. The molecule has 0 aromatic heterocycles. The summed E-state index contributed by atoms with van der Waals surface area (Å²) in [5.41, 5.74) is -2.49. The number of rotatable bonds is 2. The van der Waals surface area contributed by atoms with E-state index in [0.717, 1.165) is 5.56 Å². The first-order valence-electron chi connectivity index (χ1n) is 4.70. The van der Waals surface area contributed by atoms with E-state index in [-0.39, 0.29) is 12.0 Å². The second-order valence-corrected chi connectivity index (χ2v) is 3.48. The van der Waals surface area contributed by atoms with Crippen LogP contribution in [0.4, 0.5) is 0 Å². The lowest BCUT2D eigenvalue weighted by Gasteiger charge is -1.97. The van der Waals surface area contributed by atoms with Gasteiger partial charge in [-0.2, -0.15) is 0 Å². The minimum atomic E-state index is -1.15. The lowest BCUT2D eigenvalue weighted by atomic mass is 10.1. The van der Waals surface area contributed by atoms with Crippen molar-refractivity contribution >= 4 is 0 Å². The van der Waals surface area contributed by atoms with Gasteiger partial charge in [-0.1, -0.05) is 30.3 Å². The summed E-state index contributed by atoms with van der Waals surface area (Å²) in [5.74, 6) is -0.709. The Balaban J connectivity index is 2.52. The van der Waals surface area contributed by atoms with Crippen LogP contribution in [0.5, 0.6) is 5.75 Å². The van der Waals surface area contributed by atoms with Crippen molar-refractivity contribution in [2.24, 2.45) is 0 Å². The first-order chi connectivity index (χ1) is 7.61. The maximum Gasteiger partial charge on any atom is 0.277 e. The monoisotopic (exact) mass is 216 g/mol. The molecule has 0 atom stereocenters. The Bertz CT molecular complexity index is 649. The molecule has 0 aliphatic carbocycles. The normalized spacial score (nSPS) is 10.5. The second kappa shape index (κ2) is 3.73. The summed E-state index contributed by atoms with van der Waals surface area (Å²) in [6, 6.07) is 8.86. The Labute approximate surface area is 90.1 Å². The molecule has 2 aromatic rings. The highest BCUT2D eigenvalue weighted by molar-refractivity contribution is 5.38. The van der Waals surface area contributed by atoms with Gasteiger partial charge < -0.3 is 5.11 Å². The van der Waals surface area contributed by atoms with Crippen molar-refractivity contribution in [1.82, 2.24) is 0 Å². The van der Waals surface area contributed by atoms with Crippen molar-refractivity contribution in [3.8, 4) is 5.75 Å². The summed E-state index contributed by atoms with van der Waals surface area (Å²) in [6.07, 6.45) is 0.100. The molecular weight excluding hydrogens is 208 g/mol. The molecule has 0 radical (unpaired) electrons. The fourth-order valence-electron chi connectivity index (χ4n) is 1.56. The Kier molecular flexibility index (Phi) is 2.40. The molecule has 4 nitrogen and oxygen atoms in total. The standard InChI is InChI=1S/C12H8O4/c13-9-8(10(14)12(16)11(9)15)6-7-4-2-1-3-5-7/h1-5,13H,6H2. The molecule has 0 spiro atoms. The van der Waals surface area contributed by atoms with Gasteiger partial charge in [0.1, 0.15) is 0 Å². The van der Waals surface area contributed by atoms with Gasteiger partial charge in [0.2, 0.25) is 5.43 Å². The van der Waals surface area contributed by atoms with Gasteiger partial charge in [-0.05, 0) is 5.56 Å². The minimum Gasteiger partial charge on any atom is -0.504 e. The van der Waals surface area contributed by atoms with E-state index in [1.54, 1.807) is 24.3 Å². The van der Waals surface area contributed by atoms with Crippen LogP contribution in [0.2, 0.25) is 0 Å². The highest BCUT2D eigenvalue weighted by atomic mass is 16.3. The van der Waals surface area contributed by atoms with Crippen LogP contribution in [0.3, 0.4) is 0 Å². The third-order valence-corrected chi connectivity index (χ3v) is 2.41. The van der Waals surface area contributed by atoms with Crippen LogP contribution in [0, 0.1) is 0 Å². The van der Waals surface area contributed by atoms with Crippen LogP contribution in [0.25, 0.3) is 0 Å². The zero-order valence-corrected chi connectivity index (χ0v) is 8.27. The largest absolute Gasteiger partial charge is 0.504 e. The van der Waals surface area contributed by atoms with Gasteiger partial charge in [-0.15, -0.1) is 0 Å². The molecular formula is C12H8O4. The summed E-state index contributed by atoms with van der Waals surface area (Å²) in [5, 5.41) is 9.35. The number of hydrogen-bond donors (Lipinski definition) is 1. The topological polar surface area (TPSA) is 71.4 Å². The van der Waals surface area contributed by atoms with Gasteiger partial charge >= 0.3 is 0 Å². The van der Waals surface area contributed by atoms with E-state index < -0.39 is 22.0 Å². The molecule has 0 aliphatic heterocycles. The Morgan fingerprint density at radius 1 is 0.875 bits per heavy atom. The molecule has 0 bridgehead atoms. The minimum absolute atomic E-state index is 0.100. The molecule has 0 fully saturated rings. The molecule has 0 aliphatic rings. The van der Waals surface area contributed by atoms with Crippen molar-refractivity contribution in [3.05, 3.63) is 72.1 Å². The van der Waals surface area contributed by atoms with Crippen molar-refractivity contribution in [2.75, 3.05) is 0 Å². The molecule has 80 valence electrons. The predicted molar refractivity (Wildman–Crippen MR) is 58.5 cm³/mol. The summed E-state index contributed by atoms with van der Waals surface area (Å²) in [6.45, 7) is 0. The first kappa shape index (κ1) is 10.3. The van der Waals surface area contributed by atoms with Gasteiger partial charge in [0.25, 0.3) is 10.9 Å². The van der Waals surface area contributed by atoms with Gasteiger partial charge in [0.15, 0.2) is 5.75 Å². The Morgan fingerprint density at radius 3 is 2.00 bits per heavy atom. The van der Waals surface area contributed by atoms with Crippen LogP contribution >= 0.6 is 0 Å². The van der Waals surface area contributed by atoms with Gasteiger partial charge in [0.05, 0.1) is 5.56 Å². The molecule has 16 heavy (non-hydrogen) atoms. The number of benzene rings is 1. The number of hydrogen-bond acceptors (Lipinski definition) is 4. The number of aromatic hydroxyl groups is 1. The van der Waals surface area contributed by atoms with Gasteiger partial charge in [0, 0.05) is 6.42 Å². The van der Waals surface area contributed by atoms with Gasteiger partial charge in [-0.3, -0.25) is 14.4 Å². The Hall–Kier alpha value is -2.23. The van der Waals surface area contributed by atoms with Crippen molar-refractivity contribution in [1.29, 1.82) is 0 Å². The molecule has 4 heteroatoms. The summed E-state index contributed by atoms with van der Waals surface area (Å²) in [4.78, 5) is 33.4. The van der Waals surface area contributed by atoms with E-state index in [1.807, 2.05) is 6.07 Å². The lowest BCUT2D eigenvalue weighted by molar-refractivity contribution is 0.466. The molecule has 0 heterocycles. The maximum absolute atomic E-state index is 11.3. The van der Waals surface area contributed by atoms with Crippen molar-refractivity contribution in [2.45, 2.75) is 6.42 Å². The van der Waals surface area contributed by atoms with Crippen LogP contribution in [0.1, 0.15) is 11.1 Å². The fourth-order valence-corrected chi connectivity index (χ4v) is 1.56. The molecule has 1 N–H and O–H groups in total. The molecule has 0 saturated carbocycles. The van der Waals surface area contributed by atoms with E-state index in [1.165, 1.54) is 0 Å². The van der Waals surface area contributed by atoms with Crippen LogP contribution in [-0.2, 0) is 6.42 Å². The highest BCUT2D eigenvalue weighted by Gasteiger charge is 2.18. The van der Waals surface area contributed by atoms with Crippen LogP contribution < -0.4 is 16.3 Å². The average Bonchev–Trinajstić information content (AvgIpc) is 2.48. The van der Waals surface area contributed by atoms with Crippen LogP contribution in [-0.4, -0.2) is 5.11 Å². The smallest absolute Gasteiger partial charge is 0.277 e. The Morgan fingerprint density at radius 2 is 1.50 bits per heavy atom. The molecule has 0 amide bonds. The van der Waals surface area contributed by atoms with Crippen molar-refractivity contribution < 1.29 is 5.11 Å². The molecule has 0 saturated heterocycles. The van der Waals surface area contributed by atoms with E-state index in [2.05, 4.69) is 0 Å². The van der Waals surface area contributed by atoms with Crippen molar-refractivity contribution in [3.63, 3.8) is 0 Å². The van der Waals surface area contributed by atoms with Crippen LogP contribution in [0.15, 0.2) is 44.7 Å². The first-order valence-corrected chi connectivity index (χ1v) is 4.70. The van der Waals surface area contributed by atoms with E-state index in [0.29, 0.717) is 0 Å². The SMILES string of the molecule is O=c1c(O)c(Cc2ccccc2)c(=O)c1=O. The van der Waals surface area contributed by atoms with E-state index in [4.69, 9.17) is 0 Å². The third-order valence-electron chi connectivity index (χ3n) is 2.41. The second-order valence-electron chi connectivity index (χ2n) is 3.48. The summed E-state index contributed by atoms with van der Waals surface area (Å²) in [7, 11) is 0. The molecule has 2 rings (SSSR count). The third kappa shape index (κ3) is 1.54. The zero-order chi connectivity index (χ0) is 11.7. The average molecular weight is 216 g/mol. The van der Waals surface area contributed by atoms with E-state index in [9.17, 15) is 19.5 Å². The van der Waals surface area contributed by atoms with Gasteiger partial charge in [-0.25, -0.2) is 0 Å². The molecule has 2 aromatic carbocycles. The predicted octanol–water partition coefficient (Wildman–Crippen LogP) is -0.0608. The highest BCUT2D eigenvalue weighted by Crippen LogP contribution is 2.11. The fraction of sp³-hybridized carbons (Fsp3) is 0.0833. The summed E-state index contributed by atoms with van der Waals surface area (Å²) < 4.78 is 0.